The highest BCUT2D eigenvalue weighted by Gasteiger charge is 2.41. The Morgan fingerprint density at radius 2 is 1.50 bits per heavy atom. The van der Waals surface area contributed by atoms with E-state index in [0.717, 1.165) is 11.4 Å². The third-order valence-electron chi connectivity index (χ3n) is 5.73. The summed E-state index contributed by atoms with van der Waals surface area (Å²) in [4.78, 5) is 2.36. The summed E-state index contributed by atoms with van der Waals surface area (Å²) in [5.74, 6) is 0.961. The summed E-state index contributed by atoms with van der Waals surface area (Å²) in [6, 6.07) is 32.2. The maximum atomic E-state index is 6.58. The van der Waals surface area contributed by atoms with Crippen molar-refractivity contribution in [2.75, 3.05) is 4.90 Å². The van der Waals surface area contributed by atoms with Gasteiger partial charge in [-0.15, -0.1) is 0 Å². The summed E-state index contributed by atoms with van der Waals surface area (Å²) < 4.78 is 6.58. The van der Waals surface area contributed by atoms with E-state index in [-0.39, 0.29) is 6.92 Å². The first-order chi connectivity index (χ1) is 13.8. The average molecular weight is 359 g/mol. The molecule has 2 aliphatic rings. The van der Waals surface area contributed by atoms with E-state index in [1.54, 1.807) is 0 Å². The van der Waals surface area contributed by atoms with E-state index < -0.39 is 0 Å². The van der Waals surface area contributed by atoms with Crippen LogP contribution in [-0.2, 0) is 0 Å². The molecule has 0 aliphatic carbocycles. The second-order valence-electron chi connectivity index (χ2n) is 7.47. The van der Waals surface area contributed by atoms with E-state index in [1.165, 1.54) is 39.0 Å². The molecule has 0 atom stereocenters. The molecule has 4 aromatic rings. The van der Waals surface area contributed by atoms with Gasteiger partial charge in [0, 0.05) is 28.1 Å². The predicted molar refractivity (Wildman–Crippen MR) is 117 cm³/mol. The Balaban J connectivity index is 1.69. The third kappa shape index (κ3) is 2.10. The molecule has 2 aliphatic heterocycles. The van der Waals surface area contributed by atoms with E-state index in [4.69, 9.17) is 4.65 Å². The maximum absolute atomic E-state index is 6.58. The molecular formula is C25H18BNO. The van der Waals surface area contributed by atoms with Crippen LogP contribution in [0.15, 0.2) is 91.0 Å². The lowest BCUT2D eigenvalue weighted by atomic mass is 9.49. The standard InChI is InChI=1S/C25H18BNO/c1-17-14-15-24-20(16-17)19-10-7-13-23-25(19)26(28-24)21-11-5-6-12-22(21)27(23)18-8-3-2-4-9-18/h2-16H,1H3. The molecule has 0 unspecified atom stereocenters. The largest absolute Gasteiger partial charge is 0.551 e. The van der Waals surface area contributed by atoms with Crippen molar-refractivity contribution < 1.29 is 4.65 Å². The fraction of sp³-hybridized carbons (Fsp3) is 0.0400. The normalized spacial score (nSPS) is 13.3. The van der Waals surface area contributed by atoms with Gasteiger partial charge in [-0.25, -0.2) is 0 Å². The molecule has 132 valence electrons. The van der Waals surface area contributed by atoms with Crippen molar-refractivity contribution in [3.63, 3.8) is 0 Å². The Labute approximate surface area is 165 Å². The smallest absolute Gasteiger partial charge is 0.431 e. The summed E-state index contributed by atoms with van der Waals surface area (Å²) in [5.41, 5.74) is 9.69. The van der Waals surface area contributed by atoms with Crippen LogP contribution in [-0.4, -0.2) is 6.92 Å². The summed E-state index contributed by atoms with van der Waals surface area (Å²) in [6.45, 7) is 2.05. The summed E-state index contributed by atoms with van der Waals surface area (Å²) >= 11 is 0. The van der Waals surface area contributed by atoms with Gasteiger partial charge in [0.1, 0.15) is 5.75 Å². The van der Waals surface area contributed by atoms with Crippen molar-refractivity contribution in [1.82, 2.24) is 0 Å². The molecule has 3 heteroatoms. The minimum Gasteiger partial charge on any atom is -0.551 e. The van der Waals surface area contributed by atoms with Crippen molar-refractivity contribution in [1.29, 1.82) is 0 Å². The number of hydrogen-bond acceptors (Lipinski definition) is 2. The Morgan fingerprint density at radius 1 is 0.714 bits per heavy atom. The molecule has 0 aromatic heterocycles. The minimum atomic E-state index is -0.0856. The van der Waals surface area contributed by atoms with E-state index in [9.17, 15) is 0 Å². The van der Waals surface area contributed by atoms with Crippen LogP contribution in [0.3, 0.4) is 0 Å². The molecule has 4 aromatic carbocycles. The molecule has 0 bridgehead atoms. The number of nitrogens with zero attached hydrogens (tertiary/aromatic N) is 1. The average Bonchev–Trinajstić information content (AvgIpc) is 2.75. The number of hydrogen-bond donors (Lipinski definition) is 0. The zero-order valence-corrected chi connectivity index (χ0v) is 15.6. The van der Waals surface area contributed by atoms with Gasteiger partial charge in [-0.1, -0.05) is 60.2 Å². The van der Waals surface area contributed by atoms with Crippen molar-refractivity contribution >= 4 is 34.9 Å². The Hall–Kier alpha value is -3.46. The zero-order chi connectivity index (χ0) is 18.7. The Bertz CT molecular complexity index is 1220. The fourth-order valence-electron chi connectivity index (χ4n) is 4.52. The Morgan fingerprint density at radius 3 is 2.39 bits per heavy atom. The van der Waals surface area contributed by atoms with Crippen molar-refractivity contribution in [3.05, 3.63) is 96.6 Å². The molecule has 0 amide bonds. The van der Waals surface area contributed by atoms with Crippen LogP contribution < -0.4 is 20.5 Å². The van der Waals surface area contributed by atoms with Gasteiger partial charge in [0.25, 0.3) is 0 Å². The maximum Gasteiger partial charge on any atom is 0.431 e. The molecule has 0 radical (unpaired) electrons. The molecule has 0 saturated carbocycles. The van der Waals surface area contributed by atoms with Crippen molar-refractivity contribution in [3.8, 4) is 16.9 Å². The van der Waals surface area contributed by atoms with Gasteiger partial charge in [0.2, 0.25) is 0 Å². The lowest BCUT2D eigenvalue weighted by Gasteiger charge is -2.39. The van der Waals surface area contributed by atoms with E-state index in [0.29, 0.717) is 0 Å². The van der Waals surface area contributed by atoms with Crippen molar-refractivity contribution in [2.45, 2.75) is 6.92 Å². The number of para-hydroxylation sites is 2. The van der Waals surface area contributed by atoms with Crippen LogP contribution in [0.5, 0.6) is 5.75 Å². The van der Waals surface area contributed by atoms with Gasteiger partial charge in [0.05, 0.1) is 0 Å². The van der Waals surface area contributed by atoms with E-state index >= 15 is 0 Å². The molecule has 0 saturated heterocycles. The first-order valence-corrected chi connectivity index (χ1v) is 9.66. The first kappa shape index (κ1) is 15.6. The molecule has 6 rings (SSSR count). The van der Waals surface area contributed by atoms with Crippen LogP contribution in [0.2, 0.25) is 0 Å². The predicted octanol–water partition coefficient (Wildman–Crippen LogP) is 4.94. The van der Waals surface area contributed by atoms with Crippen LogP contribution in [0, 0.1) is 6.92 Å². The first-order valence-electron chi connectivity index (χ1n) is 9.66. The SMILES string of the molecule is Cc1ccc2c(c1)-c1cccc3c1B(O2)c1ccccc1N3c1ccccc1. The third-order valence-corrected chi connectivity index (χ3v) is 5.73. The van der Waals surface area contributed by atoms with Gasteiger partial charge in [0.15, 0.2) is 0 Å². The highest BCUT2D eigenvalue weighted by molar-refractivity contribution is 6.85. The number of aryl methyl sites for hydroxylation is 1. The van der Waals surface area contributed by atoms with Crippen LogP contribution in [0.25, 0.3) is 11.1 Å². The van der Waals surface area contributed by atoms with Crippen LogP contribution in [0.4, 0.5) is 17.1 Å². The minimum absolute atomic E-state index is 0.0856. The van der Waals surface area contributed by atoms with Gasteiger partial charge in [-0.2, -0.15) is 0 Å². The lowest BCUT2D eigenvalue weighted by Crippen LogP contribution is -2.56. The van der Waals surface area contributed by atoms with E-state index in [2.05, 4.69) is 103 Å². The summed E-state index contributed by atoms with van der Waals surface area (Å²) in [7, 11) is 0. The second-order valence-corrected chi connectivity index (χ2v) is 7.47. The van der Waals surface area contributed by atoms with Crippen LogP contribution in [0.1, 0.15) is 5.56 Å². The molecular weight excluding hydrogens is 341 g/mol. The van der Waals surface area contributed by atoms with Gasteiger partial charge >= 0.3 is 6.92 Å². The van der Waals surface area contributed by atoms with E-state index in [1.807, 2.05) is 0 Å². The van der Waals surface area contributed by atoms with Gasteiger partial charge < -0.3 is 9.55 Å². The molecule has 0 fully saturated rings. The Kier molecular flexibility index (Phi) is 3.21. The fourth-order valence-corrected chi connectivity index (χ4v) is 4.52. The summed E-state index contributed by atoms with van der Waals surface area (Å²) in [5, 5.41) is 0. The van der Waals surface area contributed by atoms with Crippen LogP contribution >= 0.6 is 0 Å². The number of benzene rings is 4. The lowest BCUT2D eigenvalue weighted by molar-refractivity contribution is 0.590. The van der Waals surface area contributed by atoms with Gasteiger partial charge in [-0.05, 0) is 54.3 Å². The topological polar surface area (TPSA) is 12.5 Å². The van der Waals surface area contributed by atoms with Gasteiger partial charge in [-0.3, -0.25) is 0 Å². The highest BCUT2D eigenvalue weighted by atomic mass is 16.4. The molecule has 0 spiro atoms. The molecule has 0 N–H and O–H groups in total. The monoisotopic (exact) mass is 359 g/mol. The molecule has 2 nitrogen and oxygen atoms in total. The summed E-state index contributed by atoms with van der Waals surface area (Å²) in [6.07, 6.45) is 0. The van der Waals surface area contributed by atoms with Crippen molar-refractivity contribution in [2.24, 2.45) is 0 Å². The second kappa shape index (κ2) is 5.77. The zero-order valence-electron chi connectivity index (χ0n) is 15.6. The number of rotatable bonds is 1. The number of fused-ring (bicyclic) bond motifs is 4. The number of anilines is 3. The molecule has 2 heterocycles. The molecule has 28 heavy (non-hydrogen) atoms. The quantitative estimate of drug-likeness (QED) is 0.446. The highest BCUT2D eigenvalue weighted by Crippen LogP contribution is 2.42.